The zero-order valence-corrected chi connectivity index (χ0v) is 21.8. The van der Waals surface area contributed by atoms with E-state index in [1.54, 1.807) is 7.11 Å². The van der Waals surface area contributed by atoms with Gasteiger partial charge in [0, 0.05) is 37.0 Å². The topological polar surface area (TPSA) is 61.9 Å². The predicted octanol–water partition coefficient (Wildman–Crippen LogP) is 4.82. The number of methoxy groups -OCH3 is 1. The van der Waals surface area contributed by atoms with E-state index in [4.69, 9.17) is 16.3 Å². The van der Waals surface area contributed by atoms with Crippen molar-refractivity contribution < 1.29 is 14.3 Å². The maximum absolute atomic E-state index is 12.9. The Labute approximate surface area is 218 Å². The maximum atomic E-state index is 12.9. The van der Waals surface area contributed by atoms with Gasteiger partial charge < -0.3 is 19.9 Å². The smallest absolute Gasteiger partial charge is 0.223 e. The lowest BCUT2D eigenvalue weighted by Crippen LogP contribution is -2.42. The molecule has 0 aromatic heterocycles. The second-order valence-electron chi connectivity index (χ2n) is 10.8. The lowest BCUT2D eigenvalue weighted by Gasteiger charge is -2.39. The molecule has 2 saturated heterocycles. The minimum atomic E-state index is -0.0271. The summed E-state index contributed by atoms with van der Waals surface area (Å²) in [6, 6.07) is 15.8. The van der Waals surface area contributed by atoms with Crippen LogP contribution in [0.25, 0.3) is 0 Å². The number of amides is 2. The molecule has 0 bridgehead atoms. The van der Waals surface area contributed by atoms with E-state index in [1.807, 2.05) is 47.4 Å². The normalized spacial score (nSPS) is 20.5. The summed E-state index contributed by atoms with van der Waals surface area (Å²) in [5, 5.41) is 3.97. The molecule has 1 saturated carbocycles. The largest absolute Gasteiger partial charge is 0.497 e. The predicted molar refractivity (Wildman–Crippen MR) is 141 cm³/mol. The van der Waals surface area contributed by atoms with Crippen molar-refractivity contribution in [2.45, 2.75) is 51.1 Å². The summed E-state index contributed by atoms with van der Waals surface area (Å²) in [6.07, 6.45) is 5.57. The van der Waals surface area contributed by atoms with Gasteiger partial charge in [0.2, 0.25) is 11.8 Å². The summed E-state index contributed by atoms with van der Waals surface area (Å²) in [5.41, 5.74) is 2.30. The van der Waals surface area contributed by atoms with Crippen LogP contribution in [0.2, 0.25) is 5.02 Å². The number of piperidine rings is 1. The molecule has 2 aliphatic heterocycles. The molecule has 6 nitrogen and oxygen atoms in total. The van der Waals surface area contributed by atoms with Gasteiger partial charge in [0.1, 0.15) is 5.75 Å². The molecule has 1 spiro atoms. The SMILES string of the molecule is COc1ccc(CN2CC3(CCN(CC[C@H](NC(=O)C4CC4)c4cccc(Cl)c4)CC3)CC2=O)cc1. The fourth-order valence-electron chi connectivity index (χ4n) is 5.66. The maximum Gasteiger partial charge on any atom is 0.223 e. The van der Waals surface area contributed by atoms with Gasteiger partial charge in [-0.05, 0) is 86.0 Å². The summed E-state index contributed by atoms with van der Waals surface area (Å²) in [7, 11) is 1.66. The van der Waals surface area contributed by atoms with E-state index >= 15 is 0 Å². The first-order valence-electron chi connectivity index (χ1n) is 13.1. The minimum Gasteiger partial charge on any atom is -0.497 e. The third kappa shape index (κ3) is 6.04. The van der Waals surface area contributed by atoms with Crippen LogP contribution >= 0.6 is 11.6 Å². The number of carbonyl (C=O) groups is 2. The lowest BCUT2D eigenvalue weighted by molar-refractivity contribution is -0.128. The van der Waals surface area contributed by atoms with Gasteiger partial charge >= 0.3 is 0 Å². The van der Waals surface area contributed by atoms with Gasteiger partial charge in [0.15, 0.2) is 0 Å². The highest BCUT2D eigenvalue weighted by molar-refractivity contribution is 6.30. The van der Waals surface area contributed by atoms with Crippen molar-refractivity contribution in [3.63, 3.8) is 0 Å². The van der Waals surface area contributed by atoms with E-state index in [0.717, 1.165) is 75.2 Å². The van der Waals surface area contributed by atoms with Crippen LogP contribution in [0.15, 0.2) is 48.5 Å². The number of nitrogens with zero attached hydrogens (tertiary/aromatic N) is 2. The van der Waals surface area contributed by atoms with Crippen molar-refractivity contribution in [2.24, 2.45) is 11.3 Å². The van der Waals surface area contributed by atoms with E-state index in [-0.39, 0.29) is 29.2 Å². The highest BCUT2D eigenvalue weighted by Gasteiger charge is 2.44. The van der Waals surface area contributed by atoms with Gasteiger partial charge in [0.25, 0.3) is 0 Å². The summed E-state index contributed by atoms with van der Waals surface area (Å²) >= 11 is 6.25. The van der Waals surface area contributed by atoms with Crippen LogP contribution in [0.3, 0.4) is 0 Å². The van der Waals surface area contributed by atoms with Gasteiger partial charge in [-0.3, -0.25) is 9.59 Å². The second-order valence-corrected chi connectivity index (χ2v) is 11.2. The number of rotatable bonds is 9. The fourth-order valence-corrected chi connectivity index (χ4v) is 5.85. The third-order valence-electron chi connectivity index (χ3n) is 8.10. The van der Waals surface area contributed by atoms with Crippen LogP contribution < -0.4 is 10.1 Å². The van der Waals surface area contributed by atoms with E-state index in [2.05, 4.69) is 16.3 Å². The number of nitrogens with one attached hydrogen (secondary N) is 1. The van der Waals surface area contributed by atoms with Crippen LogP contribution in [-0.2, 0) is 16.1 Å². The van der Waals surface area contributed by atoms with E-state index in [9.17, 15) is 9.59 Å². The molecule has 7 heteroatoms. The summed E-state index contributed by atoms with van der Waals surface area (Å²) in [6.45, 7) is 4.40. The van der Waals surface area contributed by atoms with Crippen LogP contribution in [-0.4, -0.2) is 54.9 Å². The molecule has 0 radical (unpaired) electrons. The Bertz CT molecular complexity index is 1080. The quantitative estimate of drug-likeness (QED) is 0.526. The van der Waals surface area contributed by atoms with Gasteiger partial charge in [-0.25, -0.2) is 0 Å². The zero-order chi connectivity index (χ0) is 25.1. The molecule has 36 heavy (non-hydrogen) atoms. The molecular formula is C29H36ClN3O3. The zero-order valence-electron chi connectivity index (χ0n) is 21.0. The Hall–Kier alpha value is -2.57. The highest BCUT2D eigenvalue weighted by atomic mass is 35.5. The summed E-state index contributed by atoms with van der Waals surface area (Å²) < 4.78 is 5.25. The molecule has 1 aliphatic carbocycles. The first-order chi connectivity index (χ1) is 17.4. The number of benzene rings is 2. The number of carbonyl (C=O) groups excluding carboxylic acids is 2. The molecule has 3 aliphatic rings. The number of ether oxygens (including phenoxy) is 1. The molecule has 1 atom stereocenters. The van der Waals surface area contributed by atoms with E-state index in [1.165, 1.54) is 0 Å². The van der Waals surface area contributed by atoms with Crippen LogP contribution in [0.1, 0.15) is 55.7 Å². The van der Waals surface area contributed by atoms with Crippen LogP contribution in [0.4, 0.5) is 0 Å². The molecule has 2 aromatic carbocycles. The Kier molecular flexibility index (Phi) is 7.54. The van der Waals surface area contributed by atoms with Gasteiger partial charge in [-0.15, -0.1) is 0 Å². The molecule has 192 valence electrons. The molecule has 2 amide bonds. The van der Waals surface area contributed by atoms with Crippen LogP contribution in [0, 0.1) is 11.3 Å². The second kappa shape index (κ2) is 10.8. The van der Waals surface area contributed by atoms with Crippen molar-refractivity contribution >= 4 is 23.4 Å². The van der Waals surface area contributed by atoms with E-state index in [0.29, 0.717) is 18.0 Å². The molecule has 2 aromatic rings. The van der Waals surface area contributed by atoms with E-state index < -0.39 is 0 Å². The minimum absolute atomic E-state index is 0.0271. The van der Waals surface area contributed by atoms with Crippen molar-refractivity contribution in [1.29, 1.82) is 0 Å². The van der Waals surface area contributed by atoms with Crippen molar-refractivity contribution in [2.75, 3.05) is 33.3 Å². The average Bonchev–Trinajstić information content (AvgIpc) is 3.69. The average molecular weight is 510 g/mol. The Balaban J connectivity index is 1.14. The number of likely N-dealkylation sites (tertiary alicyclic amines) is 2. The number of hydrogen-bond acceptors (Lipinski definition) is 4. The van der Waals surface area contributed by atoms with Crippen LogP contribution in [0.5, 0.6) is 5.75 Å². The fraction of sp³-hybridized carbons (Fsp3) is 0.517. The Morgan fingerprint density at radius 3 is 2.58 bits per heavy atom. The summed E-state index contributed by atoms with van der Waals surface area (Å²) in [5.74, 6) is 1.45. The molecule has 5 rings (SSSR count). The Morgan fingerprint density at radius 2 is 1.92 bits per heavy atom. The van der Waals surface area contributed by atoms with Crippen molar-refractivity contribution in [3.8, 4) is 5.75 Å². The standard InChI is InChI=1S/C29H36ClN3O3/c1-36-25-9-5-21(6-10-25)19-33-20-29(18-27(33)34)12-15-32(16-13-29)14-11-26(31-28(35)22-7-8-22)23-3-2-4-24(30)17-23/h2-6,9-10,17,22,26H,7-8,11-16,18-20H2,1H3,(H,31,35)/t26-/m0/s1. The van der Waals surface area contributed by atoms with Gasteiger partial charge in [0.05, 0.1) is 13.2 Å². The highest BCUT2D eigenvalue weighted by Crippen LogP contribution is 2.41. The van der Waals surface area contributed by atoms with Gasteiger partial charge in [-0.1, -0.05) is 35.9 Å². The first kappa shape index (κ1) is 25.1. The molecule has 1 N–H and O–H groups in total. The van der Waals surface area contributed by atoms with Gasteiger partial charge in [-0.2, -0.15) is 0 Å². The Morgan fingerprint density at radius 1 is 1.17 bits per heavy atom. The molecule has 2 heterocycles. The monoisotopic (exact) mass is 509 g/mol. The summed E-state index contributed by atoms with van der Waals surface area (Å²) in [4.78, 5) is 29.9. The lowest BCUT2D eigenvalue weighted by atomic mass is 9.77. The molecular weight excluding hydrogens is 474 g/mol. The van der Waals surface area contributed by atoms with Crippen molar-refractivity contribution in [3.05, 3.63) is 64.7 Å². The number of halogens is 1. The third-order valence-corrected chi connectivity index (χ3v) is 8.34. The molecule has 3 fully saturated rings. The number of hydrogen-bond donors (Lipinski definition) is 1. The molecule has 0 unspecified atom stereocenters. The van der Waals surface area contributed by atoms with Crippen molar-refractivity contribution in [1.82, 2.24) is 15.1 Å². The first-order valence-corrected chi connectivity index (χ1v) is 13.5.